The number of thiocarbonyl (C=S) groups is 1. The molecule has 0 fully saturated rings. The zero-order valence-corrected chi connectivity index (χ0v) is 20.2. The predicted octanol–water partition coefficient (Wildman–Crippen LogP) is 5.23. The van der Waals surface area contributed by atoms with Crippen molar-refractivity contribution in [2.24, 2.45) is 5.92 Å². The third kappa shape index (κ3) is 5.71. The first-order chi connectivity index (χ1) is 14.8. The lowest BCUT2D eigenvalue weighted by Gasteiger charge is -2.15. The maximum atomic E-state index is 12.7. The molecule has 0 spiro atoms. The van der Waals surface area contributed by atoms with E-state index >= 15 is 0 Å². The normalized spacial score (nSPS) is 14.0. The molecule has 3 rings (SSSR count). The highest BCUT2D eigenvalue weighted by Crippen LogP contribution is 2.38. The topological polar surface area (TPSA) is 67.4 Å². The van der Waals surface area contributed by atoms with Crippen molar-refractivity contribution in [3.63, 3.8) is 0 Å². The molecule has 31 heavy (non-hydrogen) atoms. The van der Waals surface area contributed by atoms with Crippen molar-refractivity contribution in [3.05, 3.63) is 51.4 Å². The number of nitrogens with one attached hydrogen (secondary N) is 2. The zero-order chi connectivity index (χ0) is 22.5. The van der Waals surface area contributed by atoms with Crippen molar-refractivity contribution >= 4 is 45.5 Å². The van der Waals surface area contributed by atoms with Crippen LogP contribution in [0.3, 0.4) is 0 Å². The second-order valence-electron chi connectivity index (χ2n) is 8.41. The highest BCUT2D eigenvalue weighted by atomic mass is 32.1. The van der Waals surface area contributed by atoms with Crippen LogP contribution in [0.25, 0.3) is 0 Å². The van der Waals surface area contributed by atoms with Crippen LogP contribution in [0.2, 0.25) is 0 Å². The summed E-state index contributed by atoms with van der Waals surface area (Å²) in [6, 6.07) is 8.16. The van der Waals surface area contributed by atoms with Gasteiger partial charge >= 0.3 is 5.97 Å². The van der Waals surface area contributed by atoms with E-state index in [4.69, 9.17) is 17.0 Å². The first-order valence-corrected chi connectivity index (χ1v) is 12.0. The Hall–Kier alpha value is -2.25. The molecule has 1 atom stereocenters. The Kier molecular flexibility index (Phi) is 7.84. The van der Waals surface area contributed by atoms with Crippen molar-refractivity contribution in [2.75, 3.05) is 12.4 Å². The summed E-state index contributed by atoms with van der Waals surface area (Å²) >= 11 is 6.91. The predicted molar refractivity (Wildman–Crippen MR) is 130 cm³/mol. The summed E-state index contributed by atoms with van der Waals surface area (Å²) in [6.07, 6.45) is 5.00. The molecule has 7 heteroatoms. The number of fused-ring (bicyclic) bond motifs is 1. The number of thiophene rings is 1. The van der Waals surface area contributed by atoms with Gasteiger partial charge in [0.05, 0.1) is 18.6 Å². The van der Waals surface area contributed by atoms with Crippen LogP contribution in [0.1, 0.15) is 71.5 Å². The number of ether oxygens (including phenoxy) is 1. The van der Waals surface area contributed by atoms with Crippen LogP contribution in [0.5, 0.6) is 0 Å². The molecule has 1 unspecified atom stereocenters. The Morgan fingerprint density at radius 3 is 2.45 bits per heavy atom. The van der Waals surface area contributed by atoms with Gasteiger partial charge in [0.2, 0.25) is 5.91 Å². The number of rotatable bonds is 6. The van der Waals surface area contributed by atoms with Crippen LogP contribution < -0.4 is 10.6 Å². The molecule has 1 aromatic carbocycles. The summed E-state index contributed by atoms with van der Waals surface area (Å²) in [5.74, 6) is -0.307. The van der Waals surface area contributed by atoms with Crippen molar-refractivity contribution < 1.29 is 14.3 Å². The molecule has 0 aliphatic heterocycles. The van der Waals surface area contributed by atoms with Gasteiger partial charge in [-0.2, -0.15) is 0 Å². The standard InChI is InChI=1S/C24H30N2O3S2/c1-14(2)13-16-9-11-17(12-10-16)15(3)21(27)25-24(30)26-22-20(23(28)29-4)18-7-5-6-8-19(18)31-22/h9-12,14-15H,5-8,13H2,1-4H3,(H2,25,26,27,30). The molecule has 0 radical (unpaired) electrons. The Labute approximate surface area is 193 Å². The van der Waals surface area contributed by atoms with Crippen LogP contribution in [0.4, 0.5) is 5.00 Å². The van der Waals surface area contributed by atoms with Crippen LogP contribution in [-0.4, -0.2) is 24.1 Å². The second-order valence-corrected chi connectivity index (χ2v) is 9.92. The number of aryl methyl sites for hydroxylation is 1. The summed E-state index contributed by atoms with van der Waals surface area (Å²) in [6.45, 7) is 6.24. The van der Waals surface area contributed by atoms with Crippen LogP contribution in [-0.2, 0) is 28.8 Å². The molecule has 1 aliphatic rings. The minimum absolute atomic E-state index is 0.185. The Bertz CT molecular complexity index is 964. The third-order valence-electron chi connectivity index (χ3n) is 5.54. The zero-order valence-electron chi connectivity index (χ0n) is 18.5. The van der Waals surface area contributed by atoms with E-state index in [-0.39, 0.29) is 22.9 Å². The van der Waals surface area contributed by atoms with Gasteiger partial charge in [-0.1, -0.05) is 38.1 Å². The molecule has 2 aromatic rings. The summed E-state index contributed by atoms with van der Waals surface area (Å²) < 4.78 is 4.99. The molecule has 1 aliphatic carbocycles. The summed E-state index contributed by atoms with van der Waals surface area (Å²) in [4.78, 5) is 26.3. The number of benzene rings is 1. The first kappa shape index (κ1) is 23.4. The minimum Gasteiger partial charge on any atom is -0.465 e. The number of esters is 1. The lowest BCUT2D eigenvalue weighted by Crippen LogP contribution is -2.36. The maximum Gasteiger partial charge on any atom is 0.341 e. The van der Waals surface area contributed by atoms with Gasteiger partial charge in [0, 0.05) is 4.88 Å². The van der Waals surface area contributed by atoms with Crippen molar-refractivity contribution in [1.82, 2.24) is 5.32 Å². The number of hydrogen-bond donors (Lipinski definition) is 2. The molecule has 5 nitrogen and oxygen atoms in total. The number of anilines is 1. The number of hydrogen-bond acceptors (Lipinski definition) is 5. The fourth-order valence-corrected chi connectivity index (χ4v) is 5.44. The fraction of sp³-hybridized carbons (Fsp3) is 0.458. The Balaban J connectivity index is 1.67. The minimum atomic E-state index is -0.370. The fourth-order valence-electron chi connectivity index (χ4n) is 3.89. The third-order valence-corrected chi connectivity index (χ3v) is 6.95. The van der Waals surface area contributed by atoms with Crippen molar-refractivity contribution in [2.45, 2.75) is 58.8 Å². The molecule has 0 saturated heterocycles. The molecule has 1 amide bonds. The lowest BCUT2D eigenvalue weighted by molar-refractivity contribution is -0.120. The number of methoxy groups -OCH3 is 1. The Morgan fingerprint density at radius 2 is 1.81 bits per heavy atom. The molecule has 2 N–H and O–H groups in total. The van der Waals surface area contributed by atoms with Gasteiger partial charge in [0.15, 0.2) is 5.11 Å². The van der Waals surface area contributed by atoms with Gasteiger partial charge < -0.3 is 15.4 Å². The molecule has 0 saturated carbocycles. The molecule has 0 bridgehead atoms. The highest BCUT2D eigenvalue weighted by Gasteiger charge is 2.27. The van der Waals surface area contributed by atoms with Crippen molar-refractivity contribution in [3.8, 4) is 0 Å². The summed E-state index contributed by atoms with van der Waals surface area (Å²) in [5, 5.41) is 6.68. The quantitative estimate of drug-likeness (QED) is 0.458. The molecule has 1 heterocycles. The van der Waals surface area contributed by atoms with E-state index < -0.39 is 0 Å². The van der Waals surface area contributed by atoms with Crippen LogP contribution in [0.15, 0.2) is 24.3 Å². The van der Waals surface area contributed by atoms with Gasteiger partial charge in [-0.05, 0) is 73.9 Å². The van der Waals surface area contributed by atoms with Gasteiger partial charge in [0.25, 0.3) is 0 Å². The summed E-state index contributed by atoms with van der Waals surface area (Å²) in [7, 11) is 1.38. The molecular weight excluding hydrogens is 428 g/mol. The Morgan fingerprint density at radius 1 is 1.13 bits per heavy atom. The van der Waals surface area contributed by atoms with E-state index in [9.17, 15) is 9.59 Å². The lowest BCUT2D eigenvalue weighted by atomic mass is 9.95. The van der Waals surface area contributed by atoms with E-state index in [1.807, 2.05) is 19.1 Å². The molecule has 1 aromatic heterocycles. The van der Waals surface area contributed by atoms with Crippen molar-refractivity contribution in [1.29, 1.82) is 0 Å². The van der Waals surface area contributed by atoms with Gasteiger partial charge in [0.1, 0.15) is 5.00 Å². The average molecular weight is 459 g/mol. The van der Waals surface area contributed by atoms with E-state index in [1.165, 1.54) is 28.9 Å². The summed E-state index contributed by atoms with van der Waals surface area (Å²) in [5.41, 5.74) is 3.80. The SMILES string of the molecule is COC(=O)c1c(NC(=S)NC(=O)C(C)c2ccc(CC(C)C)cc2)sc2c1CCCC2. The monoisotopic (exact) mass is 458 g/mol. The average Bonchev–Trinajstić information content (AvgIpc) is 3.10. The van der Waals surface area contributed by atoms with E-state index in [0.29, 0.717) is 16.5 Å². The van der Waals surface area contributed by atoms with E-state index in [0.717, 1.165) is 43.2 Å². The van der Waals surface area contributed by atoms with Crippen LogP contribution >= 0.6 is 23.6 Å². The maximum absolute atomic E-state index is 12.7. The van der Waals surface area contributed by atoms with Gasteiger partial charge in [-0.15, -0.1) is 11.3 Å². The highest BCUT2D eigenvalue weighted by molar-refractivity contribution is 7.80. The molecule has 166 valence electrons. The van der Waals surface area contributed by atoms with Gasteiger partial charge in [-0.3, -0.25) is 4.79 Å². The largest absolute Gasteiger partial charge is 0.465 e. The second kappa shape index (κ2) is 10.4. The first-order valence-electron chi connectivity index (χ1n) is 10.7. The number of carbonyl (C=O) groups is 2. The number of amides is 1. The van der Waals surface area contributed by atoms with Gasteiger partial charge in [-0.25, -0.2) is 4.79 Å². The smallest absolute Gasteiger partial charge is 0.341 e. The molecular formula is C24H30N2O3S2. The van der Waals surface area contributed by atoms with E-state index in [1.54, 1.807) is 0 Å². The van der Waals surface area contributed by atoms with Crippen LogP contribution in [0, 0.1) is 5.92 Å². The van der Waals surface area contributed by atoms with E-state index in [2.05, 4.69) is 36.6 Å². The number of carbonyl (C=O) groups excluding carboxylic acids is 2.